The van der Waals surface area contributed by atoms with Crippen LogP contribution in [0.3, 0.4) is 0 Å². The average Bonchev–Trinajstić information content (AvgIpc) is 1.91. The third kappa shape index (κ3) is 4.82. The van der Waals surface area contributed by atoms with E-state index < -0.39 is 15.8 Å². The molecule has 0 aliphatic rings. The molecule has 74 valence electrons. The van der Waals surface area contributed by atoms with E-state index in [9.17, 15) is 12.8 Å². The lowest BCUT2D eigenvalue weighted by atomic mass is 10.2. The van der Waals surface area contributed by atoms with Gasteiger partial charge in [-0.25, -0.2) is 17.9 Å². The first-order valence-corrected chi connectivity index (χ1v) is 4.94. The van der Waals surface area contributed by atoms with Gasteiger partial charge in [-0.2, -0.15) is 0 Å². The minimum Gasteiger partial charge on any atom is -0.228 e. The quantitative estimate of drug-likeness (QED) is 0.818. The van der Waals surface area contributed by atoms with Gasteiger partial charge in [-0.15, -0.1) is 12.4 Å². The van der Waals surface area contributed by atoms with Crippen molar-refractivity contribution in [1.82, 2.24) is 0 Å². The van der Waals surface area contributed by atoms with Crippen LogP contribution in [0, 0.1) is 5.82 Å². The monoisotopic (exact) mass is 225 g/mol. The second kappa shape index (κ2) is 4.55. The highest BCUT2D eigenvalue weighted by atomic mass is 35.5. The summed E-state index contributed by atoms with van der Waals surface area (Å²) in [4.78, 5) is 0. The number of rotatable bonds is 2. The predicted octanol–water partition coefficient (Wildman–Crippen LogP) is 1.04. The number of halogens is 2. The minimum atomic E-state index is -3.51. The van der Waals surface area contributed by atoms with Gasteiger partial charge in [-0.3, -0.25) is 0 Å². The van der Waals surface area contributed by atoms with E-state index in [-0.39, 0.29) is 18.2 Å². The Morgan fingerprint density at radius 2 is 1.69 bits per heavy atom. The molecule has 1 aromatic rings. The highest BCUT2D eigenvalue weighted by Gasteiger charge is 2.03. The molecule has 3 nitrogen and oxygen atoms in total. The fraction of sp³-hybridized carbons (Fsp3) is 0.143. The van der Waals surface area contributed by atoms with Gasteiger partial charge in [0.15, 0.2) is 0 Å². The maximum absolute atomic E-state index is 12.3. The van der Waals surface area contributed by atoms with Crippen molar-refractivity contribution in [2.75, 3.05) is 0 Å². The summed E-state index contributed by atoms with van der Waals surface area (Å²) in [7, 11) is -3.51. The van der Waals surface area contributed by atoms with E-state index in [4.69, 9.17) is 5.14 Å². The molecule has 0 aromatic heterocycles. The fourth-order valence-electron chi connectivity index (χ4n) is 0.813. The van der Waals surface area contributed by atoms with Crippen LogP contribution in [0.1, 0.15) is 5.56 Å². The molecule has 0 heterocycles. The Balaban J connectivity index is 0.00000144. The number of benzene rings is 1. The van der Waals surface area contributed by atoms with Crippen LogP contribution >= 0.6 is 12.4 Å². The lowest BCUT2D eigenvalue weighted by Gasteiger charge is -1.97. The molecule has 0 aliphatic heterocycles. The molecule has 1 aromatic carbocycles. The summed E-state index contributed by atoms with van der Waals surface area (Å²) >= 11 is 0. The molecule has 0 aliphatic carbocycles. The number of primary sulfonamides is 1. The van der Waals surface area contributed by atoms with Gasteiger partial charge in [0.1, 0.15) is 5.82 Å². The molecule has 0 bridgehead atoms. The Kier molecular flexibility index (Phi) is 4.32. The van der Waals surface area contributed by atoms with Crippen molar-refractivity contribution in [2.45, 2.75) is 5.75 Å². The molecule has 0 radical (unpaired) electrons. The Morgan fingerprint density at radius 1 is 1.23 bits per heavy atom. The van der Waals surface area contributed by atoms with E-state index in [0.29, 0.717) is 5.56 Å². The summed E-state index contributed by atoms with van der Waals surface area (Å²) < 4.78 is 33.5. The number of hydrogen-bond acceptors (Lipinski definition) is 2. The van der Waals surface area contributed by atoms with E-state index in [1.165, 1.54) is 24.3 Å². The molecule has 0 unspecified atom stereocenters. The second-order valence-corrected chi connectivity index (χ2v) is 4.05. The van der Waals surface area contributed by atoms with Crippen LogP contribution in [0.2, 0.25) is 0 Å². The van der Waals surface area contributed by atoms with Gasteiger partial charge in [0, 0.05) is 0 Å². The van der Waals surface area contributed by atoms with Crippen molar-refractivity contribution in [3.63, 3.8) is 0 Å². The summed E-state index contributed by atoms with van der Waals surface area (Å²) in [5.74, 6) is -0.652. The van der Waals surface area contributed by atoms with Crippen molar-refractivity contribution in [3.05, 3.63) is 35.6 Å². The summed E-state index contributed by atoms with van der Waals surface area (Å²) in [6.45, 7) is 0. The Hall–Kier alpha value is -0.650. The second-order valence-electron chi connectivity index (χ2n) is 2.43. The topological polar surface area (TPSA) is 60.2 Å². The molecule has 0 saturated carbocycles. The summed E-state index contributed by atoms with van der Waals surface area (Å²) in [5.41, 5.74) is 0.485. The van der Waals surface area contributed by atoms with Crippen LogP contribution in [0.25, 0.3) is 0 Å². The Bertz CT molecular complexity index is 363. The van der Waals surface area contributed by atoms with Crippen molar-refractivity contribution >= 4 is 22.4 Å². The normalized spacial score (nSPS) is 10.6. The van der Waals surface area contributed by atoms with E-state index >= 15 is 0 Å². The van der Waals surface area contributed by atoms with Crippen molar-refractivity contribution in [1.29, 1.82) is 0 Å². The molecule has 0 atom stereocenters. The molecule has 6 heteroatoms. The molecule has 1 rings (SSSR count). The van der Waals surface area contributed by atoms with Crippen molar-refractivity contribution in [3.8, 4) is 0 Å². The molecule has 2 N–H and O–H groups in total. The largest absolute Gasteiger partial charge is 0.228 e. The first-order valence-electron chi connectivity index (χ1n) is 3.22. The van der Waals surface area contributed by atoms with E-state index in [2.05, 4.69) is 0 Å². The van der Waals surface area contributed by atoms with Crippen LogP contribution in [0.4, 0.5) is 4.39 Å². The molecule has 0 amide bonds. The predicted molar refractivity (Wildman–Crippen MR) is 50.5 cm³/mol. The number of nitrogens with two attached hydrogens (primary N) is 1. The minimum absolute atomic E-state index is 0. The third-order valence-corrected chi connectivity index (χ3v) is 2.02. The standard InChI is InChI=1S/C7H8FNO2S.ClH/c8-7-3-1-6(2-4-7)5-12(9,10)11;/h1-4H,5H2,(H2,9,10,11);1H. The molecular formula is C7H9ClFNO2S. The SMILES string of the molecule is Cl.NS(=O)(=O)Cc1ccc(F)cc1. The highest BCUT2D eigenvalue weighted by molar-refractivity contribution is 7.88. The molecule has 0 saturated heterocycles. The van der Waals surface area contributed by atoms with Gasteiger partial charge < -0.3 is 0 Å². The molecule has 0 spiro atoms. The van der Waals surface area contributed by atoms with Crippen LogP contribution in [0.15, 0.2) is 24.3 Å². The zero-order chi connectivity index (χ0) is 9.19. The van der Waals surface area contributed by atoms with E-state index in [1.54, 1.807) is 0 Å². The van der Waals surface area contributed by atoms with Gasteiger partial charge >= 0.3 is 0 Å². The van der Waals surface area contributed by atoms with E-state index in [1.807, 2.05) is 0 Å². The van der Waals surface area contributed by atoms with Crippen LogP contribution in [-0.2, 0) is 15.8 Å². The summed E-state index contributed by atoms with van der Waals surface area (Å²) in [6, 6.07) is 5.17. The zero-order valence-electron chi connectivity index (χ0n) is 6.60. The average molecular weight is 226 g/mol. The number of hydrogen-bond donors (Lipinski definition) is 1. The van der Waals surface area contributed by atoms with Gasteiger partial charge in [-0.1, -0.05) is 12.1 Å². The third-order valence-electron chi connectivity index (χ3n) is 1.28. The van der Waals surface area contributed by atoms with Crippen LogP contribution < -0.4 is 5.14 Å². The number of sulfonamides is 1. The molecule has 0 fully saturated rings. The molecule has 13 heavy (non-hydrogen) atoms. The van der Waals surface area contributed by atoms with Crippen LogP contribution in [-0.4, -0.2) is 8.42 Å². The van der Waals surface area contributed by atoms with Crippen molar-refractivity contribution < 1.29 is 12.8 Å². The fourth-order valence-corrected chi connectivity index (χ4v) is 1.47. The first-order chi connectivity index (χ1) is 5.47. The van der Waals surface area contributed by atoms with Gasteiger partial charge in [-0.05, 0) is 17.7 Å². The summed E-state index contributed by atoms with van der Waals surface area (Å²) in [6.07, 6.45) is 0. The highest BCUT2D eigenvalue weighted by Crippen LogP contribution is 2.04. The summed E-state index contributed by atoms with van der Waals surface area (Å²) in [5, 5.41) is 4.78. The maximum Gasteiger partial charge on any atom is 0.213 e. The lowest BCUT2D eigenvalue weighted by Crippen LogP contribution is -2.14. The Morgan fingerprint density at radius 3 is 2.08 bits per heavy atom. The molecular weight excluding hydrogens is 217 g/mol. The zero-order valence-corrected chi connectivity index (χ0v) is 8.24. The Labute approximate surface area is 82.2 Å². The van der Waals surface area contributed by atoms with Gasteiger partial charge in [0.05, 0.1) is 5.75 Å². The first kappa shape index (κ1) is 12.3. The van der Waals surface area contributed by atoms with Gasteiger partial charge in [0.25, 0.3) is 0 Å². The maximum atomic E-state index is 12.3. The smallest absolute Gasteiger partial charge is 0.213 e. The van der Waals surface area contributed by atoms with Crippen molar-refractivity contribution in [2.24, 2.45) is 5.14 Å². The van der Waals surface area contributed by atoms with Crippen LogP contribution in [0.5, 0.6) is 0 Å². The van der Waals surface area contributed by atoms with E-state index in [0.717, 1.165) is 0 Å². The lowest BCUT2D eigenvalue weighted by molar-refractivity contribution is 0.596. The van der Waals surface area contributed by atoms with Gasteiger partial charge in [0.2, 0.25) is 10.0 Å².